The highest BCUT2D eigenvalue weighted by molar-refractivity contribution is 4.82. The SMILES string of the molecule is C[C@@H]1CNCCN1Cc1nn[nH]n1. The average Bonchev–Trinajstić information content (AvgIpc) is 2.61. The van der Waals surface area contributed by atoms with Crippen LogP contribution in [0.3, 0.4) is 0 Å². The second-order valence-corrected chi connectivity index (χ2v) is 3.35. The molecule has 1 aromatic rings. The van der Waals surface area contributed by atoms with Crippen molar-refractivity contribution in [3.8, 4) is 0 Å². The van der Waals surface area contributed by atoms with Gasteiger partial charge in [0.15, 0.2) is 5.82 Å². The lowest BCUT2D eigenvalue weighted by Gasteiger charge is -2.32. The molecular weight excluding hydrogens is 168 g/mol. The molecule has 0 amide bonds. The van der Waals surface area contributed by atoms with Crippen LogP contribution in [0.5, 0.6) is 0 Å². The Kier molecular flexibility index (Phi) is 2.51. The Morgan fingerprint density at radius 2 is 2.54 bits per heavy atom. The molecule has 0 bridgehead atoms. The minimum absolute atomic E-state index is 0.548. The van der Waals surface area contributed by atoms with Crippen LogP contribution in [0.4, 0.5) is 0 Å². The Morgan fingerprint density at radius 3 is 3.23 bits per heavy atom. The number of nitrogens with zero attached hydrogens (tertiary/aromatic N) is 4. The van der Waals surface area contributed by atoms with Gasteiger partial charge in [-0.25, -0.2) is 0 Å². The van der Waals surface area contributed by atoms with Crippen molar-refractivity contribution >= 4 is 0 Å². The molecule has 13 heavy (non-hydrogen) atoms. The van der Waals surface area contributed by atoms with E-state index in [1.54, 1.807) is 0 Å². The molecule has 1 aromatic heterocycles. The summed E-state index contributed by atoms with van der Waals surface area (Å²) in [5.74, 6) is 0.772. The third-order valence-electron chi connectivity index (χ3n) is 2.37. The van der Waals surface area contributed by atoms with Gasteiger partial charge in [0.05, 0.1) is 6.54 Å². The normalized spacial score (nSPS) is 24.8. The van der Waals surface area contributed by atoms with Crippen LogP contribution in [0, 0.1) is 0 Å². The summed E-state index contributed by atoms with van der Waals surface area (Å²) in [5.41, 5.74) is 0. The maximum Gasteiger partial charge on any atom is 0.188 e. The second-order valence-electron chi connectivity index (χ2n) is 3.35. The number of aromatic amines is 1. The Morgan fingerprint density at radius 1 is 1.62 bits per heavy atom. The molecule has 2 rings (SSSR count). The maximum atomic E-state index is 3.94. The van der Waals surface area contributed by atoms with E-state index in [1.165, 1.54) is 0 Å². The molecule has 1 saturated heterocycles. The molecule has 1 aliphatic heterocycles. The Balaban J connectivity index is 1.93. The molecule has 1 atom stereocenters. The van der Waals surface area contributed by atoms with Gasteiger partial charge in [-0.05, 0) is 6.92 Å². The fourth-order valence-electron chi connectivity index (χ4n) is 1.55. The lowest BCUT2D eigenvalue weighted by atomic mass is 10.2. The summed E-state index contributed by atoms with van der Waals surface area (Å²) in [4.78, 5) is 2.35. The first-order valence-electron chi connectivity index (χ1n) is 4.53. The van der Waals surface area contributed by atoms with Gasteiger partial charge < -0.3 is 5.32 Å². The van der Waals surface area contributed by atoms with Gasteiger partial charge in [-0.15, -0.1) is 10.2 Å². The first-order chi connectivity index (χ1) is 6.36. The zero-order chi connectivity index (χ0) is 9.10. The highest BCUT2D eigenvalue weighted by Gasteiger charge is 2.18. The van der Waals surface area contributed by atoms with Crippen LogP contribution in [0.2, 0.25) is 0 Å². The predicted octanol–water partition coefficient (Wildman–Crippen LogP) is -1.01. The van der Waals surface area contributed by atoms with Crippen LogP contribution in [-0.4, -0.2) is 51.2 Å². The number of H-pyrrole nitrogens is 1. The molecule has 0 saturated carbocycles. The van der Waals surface area contributed by atoms with E-state index in [0.29, 0.717) is 6.04 Å². The molecular formula is C7H14N6. The molecule has 0 unspecified atom stereocenters. The van der Waals surface area contributed by atoms with E-state index in [0.717, 1.165) is 32.0 Å². The molecule has 2 heterocycles. The van der Waals surface area contributed by atoms with Crippen molar-refractivity contribution in [3.63, 3.8) is 0 Å². The summed E-state index contributed by atoms with van der Waals surface area (Å²) < 4.78 is 0. The van der Waals surface area contributed by atoms with Crippen molar-refractivity contribution in [2.24, 2.45) is 0 Å². The van der Waals surface area contributed by atoms with Crippen LogP contribution >= 0.6 is 0 Å². The molecule has 6 nitrogen and oxygen atoms in total. The summed E-state index contributed by atoms with van der Waals surface area (Å²) in [7, 11) is 0. The zero-order valence-electron chi connectivity index (χ0n) is 7.69. The first kappa shape index (κ1) is 8.58. The van der Waals surface area contributed by atoms with Crippen molar-refractivity contribution in [1.29, 1.82) is 0 Å². The number of hydrogen-bond donors (Lipinski definition) is 2. The maximum absolute atomic E-state index is 3.94. The van der Waals surface area contributed by atoms with Crippen molar-refractivity contribution in [2.75, 3.05) is 19.6 Å². The fraction of sp³-hybridized carbons (Fsp3) is 0.857. The summed E-state index contributed by atoms with van der Waals surface area (Å²) in [5, 5.41) is 17.2. The third-order valence-corrected chi connectivity index (χ3v) is 2.37. The number of piperazine rings is 1. The zero-order valence-corrected chi connectivity index (χ0v) is 7.69. The average molecular weight is 182 g/mol. The van der Waals surface area contributed by atoms with E-state index in [4.69, 9.17) is 0 Å². The van der Waals surface area contributed by atoms with Crippen molar-refractivity contribution in [1.82, 2.24) is 30.8 Å². The molecule has 0 radical (unpaired) electrons. The molecule has 2 N–H and O–H groups in total. The van der Waals surface area contributed by atoms with Gasteiger partial charge in [-0.1, -0.05) is 5.21 Å². The van der Waals surface area contributed by atoms with Crippen LogP contribution in [-0.2, 0) is 6.54 Å². The molecule has 0 spiro atoms. The van der Waals surface area contributed by atoms with Crippen molar-refractivity contribution < 1.29 is 0 Å². The number of rotatable bonds is 2. The van der Waals surface area contributed by atoms with Crippen LogP contribution in [0.15, 0.2) is 0 Å². The van der Waals surface area contributed by atoms with Gasteiger partial charge in [-0.2, -0.15) is 5.21 Å². The van der Waals surface area contributed by atoms with E-state index in [-0.39, 0.29) is 0 Å². The van der Waals surface area contributed by atoms with Crippen molar-refractivity contribution in [2.45, 2.75) is 19.5 Å². The number of hydrogen-bond acceptors (Lipinski definition) is 5. The van der Waals surface area contributed by atoms with E-state index in [9.17, 15) is 0 Å². The van der Waals surface area contributed by atoms with Crippen LogP contribution in [0.1, 0.15) is 12.7 Å². The smallest absolute Gasteiger partial charge is 0.188 e. The lowest BCUT2D eigenvalue weighted by molar-refractivity contribution is 0.161. The monoisotopic (exact) mass is 182 g/mol. The van der Waals surface area contributed by atoms with Gasteiger partial charge in [0.2, 0.25) is 0 Å². The molecule has 1 fully saturated rings. The Bertz CT molecular complexity index is 245. The molecule has 0 aromatic carbocycles. The molecule has 72 valence electrons. The van der Waals surface area contributed by atoms with Gasteiger partial charge in [0.25, 0.3) is 0 Å². The predicted molar refractivity (Wildman–Crippen MR) is 46.9 cm³/mol. The number of aromatic nitrogens is 4. The highest BCUT2D eigenvalue weighted by Crippen LogP contribution is 2.05. The third kappa shape index (κ3) is 2.02. The van der Waals surface area contributed by atoms with Gasteiger partial charge in [-0.3, -0.25) is 4.90 Å². The minimum Gasteiger partial charge on any atom is -0.314 e. The quantitative estimate of drug-likeness (QED) is 0.613. The van der Waals surface area contributed by atoms with E-state index < -0.39 is 0 Å². The molecule has 1 aliphatic rings. The largest absolute Gasteiger partial charge is 0.314 e. The Hall–Kier alpha value is -1.01. The molecule has 6 heteroatoms. The fourth-order valence-corrected chi connectivity index (χ4v) is 1.55. The summed E-state index contributed by atoms with van der Waals surface area (Å²) in [6.07, 6.45) is 0. The van der Waals surface area contributed by atoms with E-state index >= 15 is 0 Å². The number of nitrogens with one attached hydrogen (secondary N) is 2. The van der Waals surface area contributed by atoms with Gasteiger partial charge in [0.1, 0.15) is 0 Å². The van der Waals surface area contributed by atoms with Crippen LogP contribution < -0.4 is 5.32 Å². The Labute approximate surface area is 76.7 Å². The minimum atomic E-state index is 0.548. The van der Waals surface area contributed by atoms with Gasteiger partial charge >= 0.3 is 0 Å². The van der Waals surface area contributed by atoms with E-state index in [2.05, 4.69) is 37.8 Å². The lowest BCUT2D eigenvalue weighted by Crippen LogP contribution is -2.49. The summed E-state index contributed by atoms with van der Waals surface area (Å²) in [6, 6.07) is 0.548. The highest BCUT2D eigenvalue weighted by atomic mass is 15.5. The topological polar surface area (TPSA) is 69.7 Å². The second kappa shape index (κ2) is 3.80. The molecule has 0 aliphatic carbocycles. The van der Waals surface area contributed by atoms with Gasteiger partial charge in [0, 0.05) is 25.7 Å². The summed E-state index contributed by atoms with van der Waals surface area (Å²) in [6.45, 7) is 6.13. The number of tetrazole rings is 1. The van der Waals surface area contributed by atoms with Crippen molar-refractivity contribution in [3.05, 3.63) is 5.82 Å². The summed E-state index contributed by atoms with van der Waals surface area (Å²) >= 11 is 0. The first-order valence-corrected chi connectivity index (χ1v) is 4.53. The van der Waals surface area contributed by atoms with Crippen LogP contribution in [0.25, 0.3) is 0 Å². The standard InChI is InChI=1S/C7H14N6/c1-6-4-8-2-3-13(6)5-7-9-11-12-10-7/h6,8H,2-5H2,1H3,(H,9,10,11,12)/t6-/m1/s1. The van der Waals surface area contributed by atoms with E-state index in [1.807, 2.05) is 0 Å².